The largest absolute Gasteiger partial charge is 0.416 e. The molecule has 0 fully saturated rings. The smallest absolute Gasteiger partial charge is 0.344 e. The first-order chi connectivity index (χ1) is 15.6. The van der Waals surface area contributed by atoms with E-state index in [4.69, 9.17) is 11.6 Å². The number of aromatic nitrogens is 2. The maximum absolute atomic E-state index is 13.3. The molecule has 1 N–H and O–H groups in total. The molecule has 3 aromatic carbocycles. The van der Waals surface area contributed by atoms with Crippen molar-refractivity contribution in [3.63, 3.8) is 0 Å². The van der Waals surface area contributed by atoms with E-state index < -0.39 is 34.9 Å². The second-order valence-corrected chi connectivity index (χ2v) is 7.82. The van der Waals surface area contributed by atoms with E-state index in [0.717, 1.165) is 22.3 Å². The second-order valence-electron chi connectivity index (χ2n) is 7.38. The van der Waals surface area contributed by atoms with E-state index >= 15 is 0 Å². The lowest BCUT2D eigenvalue weighted by molar-refractivity contribution is -0.137. The quantitative estimate of drug-likeness (QED) is 0.424. The molecule has 1 atom stereocenters. The van der Waals surface area contributed by atoms with Crippen molar-refractivity contribution in [2.24, 2.45) is 0 Å². The summed E-state index contributed by atoms with van der Waals surface area (Å²) >= 11 is 5.90. The van der Waals surface area contributed by atoms with Crippen LogP contribution in [0, 0.1) is 0 Å². The molecule has 0 aliphatic heterocycles. The van der Waals surface area contributed by atoms with Gasteiger partial charge in [-0.2, -0.15) is 13.2 Å². The SMILES string of the molecule is CC(NC(=O)c1nc2ccccc2n(-c2cccc(C(F)(F)F)c2)c1=O)c1ccc(Cl)cc1. The third-order valence-corrected chi connectivity index (χ3v) is 5.38. The van der Waals surface area contributed by atoms with Crippen molar-refractivity contribution in [3.8, 4) is 5.69 Å². The Bertz CT molecular complexity index is 1400. The van der Waals surface area contributed by atoms with Crippen LogP contribution in [0.4, 0.5) is 13.2 Å². The first-order valence-corrected chi connectivity index (χ1v) is 10.3. The molecule has 0 radical (unpaired) electrons. The zero-order chi connectivity index (χ0) is 23.8. The van der Waals surface area contributed by atoms with Crippen LogP contribution in [0.2, 0.25) is 5.02 Å². The fourth-order valence-electron chi connectivity index (χ4n) is 3.46. The van der Waals surface area contributed by atoms with Crippen LogP contribution in [-0.4, -0.2) is 15.5 Å². The highest BCUT2D eigenvalue weighted by atomic mass is 35.5. The van der Waals surface area contributed by atoms with Gasteiger partial charge in [0.1, 0.15) is 0 Å². The number of halogens is 4. The van der Waals surface area contributed by atoms with Gasteiger partial charge in [0.05, 0.1) is 22.6 Å². The standard InChI is InChI=1S/C24H17ClF3N3O2/c1-14(15-9-11-17(25)12-10-15)29-22(32)21-23(33)31(20-8-3-2-7-19(20)30-21)18-6-4-5-16(13-18)24(26,27)28/h2-14H,1H3,(H,29,32). The summed E-state index contributed by atoms with van der Waals surface area (Å²) in [6, 6.07) is 17.2. The first kappa shape index (κ1) is 22.5. The zero-order valence-electron chi connectivity index (χ0n) is 17.2. The van der Waals surface area contributed by atoms with Crippen molar-refractivity contribution in [3.05, 3.63) is 105 Å². The molecule has 0 aliphatic rings. The molecule has 0 aliphatic carbocycles. The van der Waals surface area contributed by atoms with Gasteiger partial charge in [0.25, 0.3) is 11.5 Å². The molecule has 9 heteroatoms. The van der Waals surface area contributed by atoms with Crippen molar-refractivity contribution >= 4 is 28.5 Å². The number of amides is 1. The Morgan fingerprint density at radius 1 is 1.03 bits per heavy atom. The number of carbonyl (C=O) groups excluding carboxylic acids is 1. The van der Waals surface area contributed by atoms with Crippen LogP contribution in [0.1, 0.15) is 34.6 Å². The summed E-state index contributed by atoms with van der Waals surface area (Å²) in [7, 11) is 0. The molecule has 33 heavy (non-hydrogen) atoms. The van der Waals surface area contributed by atoms with Crippen LogP contribution in [-0.2, 0) is 6.18 Å². The lowest BCUT2D eigenvalue weighted by Crippen LogP contribution is -2.35. The Hall–Kier alpha value is -3.65. The van der Waals surface area contributed by atoms with Crippen molar-refractivity contribution in [1.29, 1.82) is 0 Å². The van der Waals surface area contributed by atoms with Crippen molar-refractivity contribution in [2.45, 2.75) is 19.1 Å². The molecule has 4 rings (SSSR count). The normalized spacial score (nSPS) is 12.5. The van der Waals surface area contributed by atoms with Gasteiger partial charge in [0.2, 0.25) is 0 Å². The molecular weight excluding hydrogens is 455 g/mol. The van der Waals surface area contributed by atoms with Crippen molar-refractivity contribution in [1.82, 2.24) is 14.9 Å². The average Bonchev–Trinajstić information content (AvgIpc) is 2.78. The van der Waals surface area contributed by atoms with Crippen LogP contribution < -0.4 is 10.9 Å². The van der Waals surface area contributed by atoms with Crippen molar-refractivity contribution in [2.75, 3.05) is 0 Å². The molecule has 1 aromatic heterocycles. The summed E-state index contributed by atoms with van der Waals surface area (Å²) < 4.78 is 40.9. The first-order valence-electron chi connectivity index (χ1n) is 9.91. The molecule has 4 aromatic rings. The second kappa shape index (κ2) is 8.71. The van der Waals surface area contributed by atoms with Crippen LogP contribution >= 0.6 is 11.6 Å². The zero-order valence-corrected chi connectivity index (χ0v) is 18.0. The van der Waals surface area contributed by atoms with Gasteiger partial charge in [-0.25, -0.2) is 4.98 Å². The number of fused-ring (bicyclic) bond motifs is 1. The summed E-state index contributed by atoms with van der Waals surface area (Å²) in [6.45, 7) is 1.73. The minimum Gasteiger partial charge on any atom is -0.344 e. The summed E-state index contributed by atoms with van der Waals surface area (Å²) in [4.78, 5) is 30.5. The highest BCUT2D eigenvalue weighted by Crippen LogP contribution is 2.30. The number of carbonyl (C=O) groups is 1. The predicted molar refractivity (Wildman–Crippen MR) is 120 cm³/mol. The molecule has 0 bridgehead atoms. The van der Waals surface area contributed by atoms with E-state index in [1.807, 2.05) is 0 Å². The Morgan fingerprint density at radius 2 is 1.73 bits per heavy atom. The Labute approximate surface area is 191 Å². The number of alkyl halides is 3. The molecule has 1 unspecified atom stereocenters. The molecule has 1 amide bonds. The van der Waals surface area contributed by atoms with Gasteiger partial charge in [0, 0.05) is 10.7 Å². The molecular formula is C24H17ClF3N3O2. The molecule has 0 saturated carbocycles. The van der Waals surface area contributed by atoms with Crippen LogP contribution in [0.15, 0.2) is 77.6 Å². The number of nitrogens with zero attached hydrogens (tertiary/aromatic N) is 2. The molecule has 0 saturated heterocycles. The fraction of sp³-hybridized carbons (Fsp3) is 0.125. The Kier molecular flexibility index (Phi) is 5.95. The van der Waals surface area contributed by atoms with E-state index in [-0.39, 0.29) is 11.2 Å². The third-order valence-electron chi connectivity index (χ3n) is 5.12. The summed E-state index contributed by atoms with van der Waals surface area (Å²) in [5.74, 6) is -0.742. The van der Waals surface area contributed by atoms with Gasteiger partial charge in [-0.3, -0.25) is 14.2 Å². The van der Waals surface area contributed by atoms with E-state index in [2.05, 4.69) is 10.3 Å². The number of benzene rings is 3. The highest BCUT2D eigenvalue weighted by Gasteiger charge is 2.31. The number of hydrogen-bond acceptors (Lipinski definition) is 3. The van der Waals surface area contributed by atoms with Crippen LogP contribution in [0.25, 0.3) is 16.7 Å². The van der Waals surface area contributed by atoms with E-state index in [0.29, 0.717) is 10.5 Å². The molecule has 0 spiro atoms. The summed E-state index contributed by atoms with van der Waals surface area (Å²) in [6.07, 6.45) is -4.59. The Morgan fingerprint density at radius 3 is 2.42 bits per heavy atom. The lowest BCUT2D eigenvalue weighted by atomic mass is 10.1. The van der Waals surface area contributed by atoms with Gasteiger partial charge in [-0.15, -0.1) is 0 Å². The number of rotatable bonds is 4. The average molecular weight is 472 g/mol. The van der Waals surface area contributed by atoms with Gasteiger partial charge in [-0.1, -0.05) is 41.9 Å². The van der Waals surface area contributed by atoms with Crippen LogP contribution in [0.3, 0.4) is 0 Å². The van der Waals surface area contributed by atoms with Gasteiger partial charge >= 0.3 is 6.18 Å². The topological polar surface area (TPSA) is 64.0 Å². The monoisotopic (exact) mass is 471 g/mol. The maximum atomic E-state index is 13.3. The van der Waals surface area contributed by atoms with E-state index in [1.54, 1.807) is 55.5 Å². The predicted octanol–water partition coefficient (Wildman–Crippen LogP) is 5.55. The summed E-state index contributed by atoms with van der Waals surface area (Å²) in [5, 5.41) is 3.25. The number of nitrogens with one attached hydrogen (secondary N) is 1. The minimum absolute atomic E-state index is 0.0202. The summed E-state index contributed by atoms with van der Waals surface area (Å²) in [5.41, 5.74) is -0.848. The molecule has 168 valence electrons. The third kappa shape index (κ3) is 4.61. The van der Waals surface area contributed by atoms with Gasteiger partial charge < -0.3 is 5.32 Å². The lowest BCUT2D eigenvalue weighted by Gasteiger charge is -2.16. The van der Waals surface area contributed by atoms with Crippen molar-refractivity contribution < 1.29 is 18.0 Å². The number of para-hydroxylation sites is 2. The van der Waals surface area contributed by atoms with E-state index in [1.165, 1.54) is 12.1 Å². The van der Waals surface area contributed by atoms with Crippen LogP contribution in [0.5, 0.6) is 0 Å². The van der Waals surface area contributed by atoms with E-state index in [9.17, 15) is 22.8 Å². The Balaban J connectivity index is 1.81. The fourth-order valence-corrected chi connectivity index (χ4v) is 3.58. The van der Waals surface area contributed by atoms with Gasteiger partial charge in [-0.05, 0) is 55.0 Å². The number of hydrogen-bond donors (Lipinski definition) is 1. The molecule has 5 nitrogen and oxygen atoms in total. The molecule has 1 heterocycles. The van der Waals surface area contributed by atoms with Gasteiger partial charge in [0.15, 0.2) is 5.69 Å². The maximum Gasteiger partial charge on any atom is 0.416 e. The highest BCUT2D eigenvalue weighted by molar-refractivity contribution is 6.30. The minimum atomic E-state index is -4.59.